The summed E-state index contributed by atoms with van der Waals surface area (Å²) in [6.07, 6.45) is 26.3. The van der Waals surface area contributed by atoms with Gasteiger partial charge in [0.2, 0.25) is 0 Å². The number of rotatable bonds is 34. The number of unbranched alkanes of at least 4 members (excludes halogenated alkanes) is 2. The van der Waals surface area contributed by atoms with Crippen molar-refractivity contribution in [3.63, 3.8) is 0 Å². The van der Waals surface area contributed by atoms with E-state index in [0.717, 1.165) is 115 Å². The zero-order chi connectivity index (χ0) is 97.8. The molecule has 7 aliphatic carbocycles. The fourth-order valence-electron chi connectivity index (χ4n) is 16.8. The molecule has 7 saturated carbocycles. The van der Waals surface area contributed by atoms with Crippen LogP contribution in [0.3, 0.4) is 0 Å². The first-order valence-electron chi connectivity index (χ1n) is 49.6. The SMILES string of the molecule is CCC(C)(C)C(=O)OC(C)C.CCC(C)(C)C(=O)OC(C)C(F)(F)F.CCC(C)(C)C(=O)OC1CC2CCC1(C)C2(C)C.CCC(C)(C)C(=O)OC1CC2CCC1(C)C2(C)C.CCC(C)(C)C(=O)OC1CC2CCC1(C)C2(C)C.CCC(C)(C)C(=O)OC1CCCCC1.CCCCC(CC)COC(=O)C(C)(C)CC.CCCCC(CC)COC(=O)C(C)(C)CC. The maximum atomic E-state index is 12.3. The van der Waals surface area contributed by atoms with E-state index in [2.05, 4.69) is 94.7 Å². The van der Waals surface area contributed by atoms with Crippen LogP contribution in [0, 0.1) is 105 Å². The molecule has 0 aromatic heterocycles. The number of ether oxygens (including phenoxy) is 8. The Balaban J connectivity index is 0.00000141. The summed E-state index contributed by atoms with van der Waals surface area (Å²) in [6.45, 7) is 82.0. The van der Waals surface area contributed by atoms with Crippen molar-refractivity contribution in [1.29, 1.82) is 0 Å². The molecule has 0 spiro atoms. The minimum absolute atomic E-state index is 0.00618. The molecule has 7 rings (SSSR count). The van der Waals surface area contributed by atoms with Crippen molar-refractivity contribution in [2.24, 2.45) is 105 Å². The molecule has 0 aromatic carbocycles. The fourth-order valence-corrected chi connectivity index (χ4v) is 16.8. The molecule has 0 aromatic rings. The Bertz CT molecular complexity index is 3040. The van der Waals surface area contributed by atoms with Gasteiger partial charge in [0, 0.05) is 16.2 Å². The molecule has 7 fully saturated rings. The normalized spacial score (nSPS) is 24.7. The van der Waals surface area contributed by atoms with E-state index in [-0.39, 0.29) is 126 Å². The molecule has 0 amide bonds. The van der Waals surface area contributed by atoms with Crippen LogP contribution >= 0.6 is 0 Å². The number of halogens is 3. The van der Waals surface area contributed by atoms with Gasteiger partial charge in [0.25, 0.3) is 0 Å². The topological polar surface area (TPSA) is 210 Å². The van der Waals surface area contributed by atoms with Crippen molar-refractivity contribution >= 4 is 47.8 Å². The average molecular weight is 1780 g/mol. The molecule has 19 heteroatoms. The first-order chi connectivity index (χ1) is 57.0. The van der Waals surface area contributed by atoms with Gasteiger partial charge in [-0.25, -0.2) is 0 Å². The van der Waals surface area contributed by atoms with E-state index in [4.69, 9.17) is 33.2 Å². The van der Waals surface area contributed by atoms with E-state index in [0.29, 0.717) is 47.7 Å². The second kappa shape index (κ2) is 50.4. The van der Waals surface area contributed by atoms with Crippen molar-refractivity contribution in [2.75, 3.05) is 13.2 Å². The summed E-state index contributed by atoms with van der Waals surface area (Å²) in [5.41, 5.74) is -1.72. The van der Waals surface area contributed by atoms with Crippen LogP contribution in [-0.2, 0) is 76.3 Å². The summed E-state index contributed by atoms with van der Waals surface area (Å²) in [6, 6.07) is 0. The largest absolute Gasteiger partial charge is 0.465 e. The quantitative estimate of drug-likeness (QED) is 0.0433. The molecule has 125 heavy (non-hydrogen) atoms. The van der Waals surface area contributed by atoms with E-state index < -0.39 is 23.7 Å². The fraction of sp³-hybridized carbons (Fsp3) is 0.925. The second-order valence-corrected chi connectivity index (χ2v) is 46.2. The van der Waals surface area contributed by atoms with Crippen LogP contribution in [0.15, 0.2) is 0 Å². The molecule has 736 valence electrons. The summed E-state index contributed by atoms with van der Waals surface area (Å²) < 4.78 is 79.5. The first kappa shape index (κ1) is 121. The van der Waals surface area contributed by atoms with E-state index in [1.807, 2.05) is 159 Å². The molecule has 7 aliphatic rings. The number of hydrogen-bond acceptors (Lipinski definition) is 16. The van der Waals surface area contributed by atoms with Gasteiger partial charge in [-0.3, -0.25) is 38.4 Å². The highest BCUT2D eigenvalue weighted by Crippen LogP contribution is 2.69. The zero-order valence-electron chi connectivity index (χ0n) is 88.1. The predicted octanol–water partition coefficient (Wildman–Crippen LogP) is 29.5. The zero-order valence-corrected chi connectivity index (χ0v) is 88.1. The van der Waals surface area contributed by atoms with Gasteiger partial charge in [0.15, 0.2) is 6.10 Å². The highest BCUT2D eigenvalue weighted by molar-refractivity contribution is 5.79. The lowest BCUT2D eigenvalue weighted by atomic mass is 9.70. The van der Waals surface area contributed by atoms with Gasteiger partial charge >= 0.3 is 53.9 Å². The van der Waals surface area contributed by atoms with Gasteiger partial charge < -0.3 is 37.9 Å². The van der Waals surface area contributed by atoms with Gasteiger partial charge in [0.1, 0.15) is 24.4 Å². The Kier molecular flexibility index (Phi) is 48.6. The molecular weight excluding hydrogens is 1590 g/mol. The number of alkyl halides is 3. The lowest BCUT2D eigenvalue weighted by Gasteiger charge is -2.39. The molecule has 12 unspecified atom stereocenters. The van der Waals surface area contributed by atoms with Crippen LogP contribution in [-0.4, -0.2) is 104 Å². The molecule has 12 atom stereocenters. The highest BCUT2D eigenvalue weighted by Gasteiger charge is 2.66. The summed E-state index contributed by atoms with van der Waals surface area (Å²) in [4.78, 5) is 94.6. The summed E-state index contributed by atoms with van der Waals surface area (Å²) in [5, 5.41) is 0. The highest BCUT2D eigenvalue weighted by atomic mass is 19.4. The Morgan fingerprint density at radius 3 is 0.776 bits per heavy atom. The number of carbonyl (C=O) groups excluding carboxylic acids is 8. The third kappa shape index (κ3) is 34.0. The predicted molar refractivity (Wildman–Crippen MR) is 504 cm³/mol. The molecule has 16 nitrogen and oxygen atoms in total. The summed E-state index contributed by atoms with van der Waals surface area (Å²) in [5.74, 6) is 2.17. The van der Waals surface area contributed by atoms with Crippen molar-refractivity contribution in [1.82, 2.24) is 0 Å². The Morgan fingerprint density at radius 1 is 0.328 bits per heavy atom. The van der Waals surface area contributed by atoms with E-state index in [1.54, 1.807) is 20.8 Å². The van der Waals surface area contributed by atoms with Crippen molar-refractivity contribution in [3.05, 3.63) is 0 Å². The van der Waals surface area contributed by atoms with Gasteiger partial charge in [-0.15, -0.1) is 0 Å². The van der Waals surface area contributed by atoms with Crippen molar-refractivity contribution < 1.29 is 89.4 Å². The van der Waals surface area contributed by atoms with Gasteiger partial charge in [-0.1, -0.05) is 190 Å². The number of hydrogen-bond donors (Lipinski definition) is 0. The average Bonchev–Trinajstić information content (AvgIpc) is 1.57. The molecule has 6 bridgehead atoms. The maximum Gasteiger partial charge on any atom is 0.425 e. The number of carbonyl (C=O) groups is 8. The molecular formula is C106H195F3O16. The summed E-state index contributed by atoms with van der Waals surface area (Å²) >= 11 is 0. The molecule has 0 N–H and O–H groups in total. The van der Waals surface area contributed by atoms with Crippen LogP contribution in [0.4, 0.5) is 13.2 Å². The molecule has 0 aliphatic heterocycles. The third-order valence-electron chi connectivity index (χ3n) is 33.3. The standard InChI is InChI=1S/3C16H28O2.2C14H28O2.C12H22O2.C9H15F3O2.C9H18O2/c3*1-7-14(2,3)13(17)18-12-10-11-8-9-16(12,6)15(11,4)5;2*1-6-9-10-12(7-2)11-16-13(15)14(4,5)8-3;1-4-12(2,3)11(13)14-10-8-6-5-7-9-10;1-5-8(3,4)7(13)14-6(2)9(10,11)12;1-6-9(4,5)8(10)11-7(2)3/h3*11-12H,7-10H2,1-6H3;2*12H,6-11H2,1-5H3;10H,4-9H2,1-3H3;6H,5H2,1-4H3;7H,6H2,1-5H3. The van der Waals surface area contributed by atoms with Crippen LogP contribution in [0.2, 0.25) is 0 Å². The molecule has 0 heterocycles. The minimum atomic E-state index is -4.49. The Labute approximate surface area is 764 Å². The van der Waals surface area contributed by atoms with Crippen LogP contribution in [0.25, 0.3) is 0 Å². The molecule has 0 radical (unpaired) electrons. The van der Waals surface area contributed by atoms with Gasteiger partial charge in [-0.05, 0) is 325 Å². The first-order valence-corrected chi connectivity index (χ1v) is 49.6. The Hall–Kier alpha value is -4.45. The maximum absolute atomic E-state index is 12.3. The summed E-state index contributed by atoms with van der Waals surface area (Å²) in [7, 11) is 0. The number of esters is 8. The van der Waals surface area contributed by atoms with Crippen LogP contribution in [0.5, 0.6) is 0 Å². The van der Waals surface area contributed by atoms with Gasteiger partial charge in [-0.2, -0.15) is 13.2 Å². The van der Waals surface area contributed by atoms with E-state index in [9.17, 15) is 51.5 Å². The van der Waals surface area contributed by atoms with E-state index in [1.165, 1.54) is 96.3 Å². The molecule has 0 saturated heterocycles. The minimum Gasteiger partial charge on any atom is -0.465 e. The van der Waals surface area contributed by atoms with Gasteiger partial charge in [0.05, 0.1) is 62.6 Å². The van der Waals surface area contributed by atoms with Crippen LogP contribution in [0.1, 0.15) is 470 Å². The van der Waals surface area contributed by atoms with E-state index >= 15 is 0 Å². The monoisotopic (exact) mass is 1780 g/mol. The smallest absolute Gasteiger partial charge is 0.425 e. The van der Waals surface area contributed by atoms with Crippen molar-refractivity contribution in [2.45, 2.75) is 512 Å². The van der Waals surface area contributed by atoms with Crippen LogP contribution < -0.4 is 0 Å². The third-order valence-corrected chi connectivity index (χ3v) is 33.3. The lowest BCUT2D eigenvalue weighted by Crippen LogP contribution is -2.40. The second-order valence-electron chi connectivity index (χ2n) is 46.2. The van der Waals surface area contributed by atoms with Crippen molar-refractivity contribution in [3.8, 4) is 0 Å². The Morgan fingerprint density at radius 2 is 0.568 bits per heavy atom. The number of fused-ring (bicyclic) bond motifs is 6. The lowest BCUT2D eigenvalue weighted by molar-refractivity contribution is -0.221.